The molecule has 694 valence electrons. The highest BCUT2D eigenvalue weighted by atomic mass is 16.6. The van der Waals surface area contributed by atoms with Crippen LogP contribution in [0.4, 0.5) is 9.59 Å². The summed E-state index contributed by atoms with van der Waals surface area (Å²) < 4.78 is 29.5. The molecular weight excluding hydrogens is 1640 g/mol. The van der Waals surface area contributed by atoms with Gasteiger partial charge < -0.3 is 76.5 Å². The Labute approximate surface area is 757 Å². The van der Waals surface area contributed by atoms with E-state index in [0.717, 1.165) is 53.8 Å². The zero-order valence-corrected chi connectivity index (χ0v) is 78.3. The Morgan fingerprint density at radius 1 is 0.558 bits per heavy atom. The van der Waals surface area contributed by atoms with E-state index in [1.54, 1.807) is 145 Å². The standard InChI is InChI=1S/C98H131N15O16/c1-21-71-47-65(57-125-75-39-32-62(33-40-75)46-72(52-99)103-81(114)43-36-61-30-37-66-26-22-24-28-68(66)44-61)54-113(108-71)74-51-80(112(56-74)90(121)83(95(7,8)9)107-86(117)60(3)110(20)93(124)129-98(16,17)18)88(119)104-77(49-64-31-38-67-27-23-25-29-69(67)45-64)87(118)105-78(91(122)127-96(10,11)12)48-63-34-41-76(42-35-63)126-58-70(100)53-102-73-50-79(84(101)115)111(55-73)89(120)82(94(4,5)6)106-85(116)59(2)109(19)92(123)128-97(13,14)15/h22-35,37-42,44-45,54,59-60,72-74,77-80,82-83,100,102H,21,36,43,46-51,53,55-58H2,1-20H3,(H2,101,115)(H,103,114)(H,104,119)(H,105,118)(H,106,116)(H,107,117). The van der Waals surface area contributed by atoms with Crippen molar-refractivity contribution in [2.45, 2.75) is 266 Å². The summed E-state index contributed by atoms with van der Waals surface area (Å²) in [7, 11) is 2.84. The number of amides is 10. The first-order valence-corrected chi connectivity index (χ1v) is 44.1. The quantitative estimate of drug-likeness (QED) is 0.0104. The molecule has 2 fully saturated rings. The van der Waals surface area contributed by atoms with E-state index in [0.29, 0.717) is 41.9 Å². The van der Waals surface area contributed by atoms with E-state index in [9.17, 15) is 43.6 Å². The van der Waals surface area contributed by atoms with E-state index in [-0.39, 0.29) is 83.0 Å². The van der Waals surface area contributed by atoms with Gasteiger partial charge in [-0.25, -0.2) is 14.4 Å². The van der Waals surface area contributed by atoms with E-state index in [4.69, 9.17) is 39.9 Å². The predicted molar refractivity (Wildman–Crippen MR) is 493 cm³/mol. The van der Waals surface area contributed by atoms with Crippen molar-refractivity contribution in [2.75, 3.05) is 46.9 Å². The van der Waals surface area contributed by atoms with Crippen molar-refractivity contribution >= 4 is 98.4 Å². The maximum absolute atomic E-state index is 15.9. The number of fused-ring (bicyclic) bond motifs is 2. The second-order valence-electron chi connectivity index (χ2n) is 39.0. The van der Waals surface area contributed by atoms with Gasteiger partial charge in [-0.05, 0) is 180 Å². The molecule has 6 aromatic carbocycles. The predicted octanol–water partition coefficient (Wildman–Crippen LogP) is 10.7. The SMILES string of the molecule is CCC1=NN(C2CC(C(=O)NC(Cc3ccc4ccccc4c3)C(=O)NC(Cc3ccc(OCC(=N)CNC4CC(C(N)=O)N(C(=O)C(NC(=O)C(C)N(C)C(=O)OC(C)(C)C)C(C)(C)C)C4)cc3)C(=O)OC(C)(C)C)N(C(=O)C(NC(=O)C(C)N(C)C(=O)OC(C)(C)C)C(C)(C)C)C2)C=C(COc2ccc(CC(C#N)NC(=O)CCc3ccc4ccccc4c3)cc2)C1. The molecule has 0 saturated carbocycles. The fourth-order valence-corrected chi connectivity index (χ4v) is 15.2. The molecule has 9 rings (SSSR count). The van der Waals surface area contributed by atoms with Crippen LogP contribution in [0.1, 0.15) is 179 Å². The average molecular weight is 1780 g/mol. The van der Waals surface area contributed by atoms with Crippen molar-refractivity contribution in [3.8, 4) is 17.6 Å². The number of nitriles is 1. The summed E-state index contributed by atoms with van der Waals surface area (Å²) in [4.78, 5) is 162. The van der Waals surface area contributed by atoms with E-state index < -0.39 is 154 Å². The van der Waals surface area contributed by atoms with Crippen LogP contribution in [0.3, 0.4) is 0 Å². The smallest absolute Gasteiger partial charge is 0.410 e. The lowest BCUT2D eigenvalue weighted by atomic mass is 9.85. The number of hydrogen-bond acceptors (Lipinski definition) is 21. The Morgan fingerprint density at radius 3 is 1.54 bits per heavy atom. The average Bonchev–Trinajstić information content (AvgIpc) is 1.63. The minimum Gasteiger partial charge on any atom is -0.489 e. The van der Waals surface area contributed by atoms with Crippen LogP contribution in [-0.4, -0.2) is 232 Å². The number of aryl methyl sites for hydroxylation is 1. The minimum absolute atomic E-state index is 0.00675. The largest absolute Gasteiger partial charge is 0.489 e. The number of benzene rings is 6. The number of nitrogens with one attached hydrogen (secondary N) is 7. The highest BCUT2D eigenvalue weighted by molar-refractivity contribution is 5.98. The molecule has 2 saturated heterocycles. The van der Waals surface area contributed by atoms with Crippen LogP contribution in [0.15, 0.2) is 150 Å². The molecule has 0 bridgehead atoms. The lowest BCUT2D eigenvalue weighted by molar-refractivity contribution is -0.158. The lowest BCUT2D eigenvalue weighted by Crippen LogP contribution is -2.61. The molecule has 0 radical (unpaired) electrons. The molecule has 0 spiro atoms. The highest BCUT2D eigenvalue weighted by Gasteiger charge is 2.49. The van der Waals surface area contributed by atoms with Gasteiger partial charge in [-0.15, -0.1) is 0 Å². The maximum Gasteiger partial charge on any atom is 0.410 e. The van der Waals surface area contributed by atoms with Gasteiger partial charge in [0.25, 0.3) is 0 Å². The lowest BCUT2D eigenvalue weighted by Gasteiger charge is -2.37. The van der Waals surface area contributed by atoms with E-state index >= 15 is 14.4 Å². The van der Waals surface area contributed by atoms with Gasteiger partial charge in [0.1, 0.15) is 95.9 Å². The van der Waals surface area contributed by atoms with E-state index in [2.05, 4.69) is 44.0 Å². The van der Waals surface area contributed by atoms with Gasteiger partial charge >= 0.3 is 18.2 Å². The summed E-state index contributed by atoms with van der Waals surface area (Å²) in [6.45, 7) is 30.7. The van der Waals surface area contributed by atoms with Crippen LogP contribution in [0.25, 0.3) is 21.5 Å². The van der Waals surface area contributed by atoms with E-state index in [1.165, 1.54) is 37.7 Å². The third-order valence-electron chi connectivity index (χ3n) is 22.7. The molecule has 0 aliphatic carbocycles. The van der Waals surface area contributed by atoms with Crippen molar-refractivity contribution < 1.29 is 76.4 Å². The molecule has 31 nitrogen and oxygen atoms in total. The Kier molecular flexibility index (Phi) is 33.5. The monoisotopic (exact) mass is 1770 g/mol. The van der Waals surface area contributed by atoms with Gasteiger partial charge in [0.05, 0.1) is 17.8 Å². The second kappa shape index (κ2) is 43.1. The van der Waals surface area contributed by atoms with Crippen molar-refractivity contribution in [1.29, 1.82) is 10.7 Å². The first-order chi connectivity index (χ1) is 60.4. The van der Waals surface area contributed by atoms with Gasteiger partial charge in [0, 0.05) is 90.2 Å². The number of hydrazone groups is 1. The normalized spacial score (nSPS) is 17.7. The number of likely N-dealkylation sites (tertiary alicyclic amines) is 2. The summed E-state index contributed by atoms with van der Waals surface area (Å²) in [5, 5.41) is 47.6. The van der Waals surface area contributed by atoms with Crippen LogP contribution < -0.4 is 47.1 Å². The first kappa shape index (κ1) is 100. The Balaban J connectivity index is 0.917. The molecule has 10 amide bonds. The Bertz CT molecular complexity index is 5170. The fourth-order valence-electron chi connectivity index (χ4n) is 15.2. The molecule has 0 aromatic heterocycles. The number of hydrogen-bond donors (Lipinski definition) is 8. The number of primary amides is 1. The maximum atomic E-state index is 15.9. The van der Waals surface area contributed by atoms with E-state index in [1.807, 2.05) is 104 Å². The van der Waals surface area contributed by atoms with Gasteiger partial charge in [0.15, 0.2) is 0 Å². The summed E-state index contributed by atoms with van der Waals surface area (Å²) in [6.07, 6.45) is 2.19. The molecule has 3 aliphatic rings. The fraction of sp³-hybridized carbons (Fsp3) is 0.510. The molecule has 129 heavy (non-hydrogen) atoms. The topological polar surface area (TPSA) is 408 Å². The molecule has 11 atom stereocenters. The number of rotatable bonds is 35. The minimum atomic E-state index is -1.42. The van der Waals surface area contributed by atoms with Crippen LogP contribution in [0.5, 0.6) is 11.5 Å². The van der Waals surface area contributed by atoms with Crippen molar-refractivity contribution in [1.82, 2.24) is 56.5 Å². The van der Waals surface area contributed by atoms with Crippen molar-refractivity contribution in [3.63, 3.8) is 0 Å². The molecule has 31 heteroatoms. The molecule has 3 heterocycles. The molecule has 11 unspecified atom stereocenters. The van der Waals surface area contributed by atoms with Crippen molar-refractivity contribution in [3.05, 3.63) is 167 Å². The summed E-state index contributed by atoms with van der Waals surface area (Å²) in [6, 6.07) is 31.9. The Morgan fingerprint density at radius 2 is 1.04 bits per heavy atom. The molecule has 6 aromatic rings. The summed E-state index contributed by atoms with van der Waals surface area (Å²) in [5.41, 5.74) is 6.02. The van der Waals surface area contributed by atoms with Crippen LogP contribution in [0, 0.1) is 27.6 Å². The number of likely N-dealkylation sites (N-methyl/N-ethyl adjacent to an activating group) is 2. The van der Waals surface area contributed by atoms with Gasteiger partial charge in [-0.1, -0.05) is 158 Å². The van der Waals surface area contributed by atoms with Crippen LogP contribution in [-0.2, 0) is 83.0 Å². The third-order valence-corrected chi connectivity index (χ3v) is 22.7. The summed E-state index contributed by atoms with van der Waals surface area (Å²) in [5.74, 6) is -4.85. The summed E-state index contributed by atoms with van der Waals surface area (Å²) >= 11 is 0. The molecular formula is C98H131N15O16. The first-order valence-electron chi connectivity index (χ1n) is 44.1. The van der Waals surface area contributed by atoms with Crippen molar-refractivity contribution in [2.24, 2.45) is 21.7 Å². The number of esters is 1. The zero-order chi connectivity index (χ0) is 94.9. The van der Waals surface area contributed by atoms with Crippen LogP contribution in [0.2, 0.25) is 0 Å². The molecule has 3 aliphatic heterocycles. The number of nitrogens with zero attached hydrogens (tertiary/aromatic N) is 7. The third kappa shape index (κ3) is 29.0. The highest BCUT2D eigenvalue weighted by Crippen LogP contribution is 2.34. The Hall–Kier alpha value is -12.5. The van der Waals surface area contributed by atoms with Gasteiger partial charge in [0.2, 0.25) is 47.3 Å². The number of carbonyl (C=O) groups is 11. The van der Waals surface area contributed by atoms with Crippen LogP contribution >= 0.6 is 0 Å². The second-order valence-corrected chi connectivity index (χ2v) is 39.0. The zero-order valence-electron chi connectivity index (χ0n) is 78.3. The number of ether oxygens (including phenoxy) is 5. The van der Waals surface area contributed by atoms with Gasteiger partial charge in [-0.3, -0.25) is 53.2 Å². The number of nitrogens with two attached hydrogens (primary N) is 1. The molecule has 9 N–H and O–H groups in total. The van der Waals surface area contributed by atoms with Gasteiger partial charge in [-0.2, -0.15) is 10.4 Å². The number of carbonyl (C=O) groups excluding carboxylic acids is 11.